The van der Waals surface area contributed by atoms with Crippen molar-refractivity contribution in [3.05, 3.63) is 59.2 Å². The first kappa shape index (κ1) is 13.3. The Morgan fingerprint density at radius 3 is 2.55 bits per heavy atom. The summed E-state index contributed by atoms with van der Waals surface area (Å²) in [5.74, 6) is 0.473. The Morgan fingerprint density at radius 1 is 1.10 bits per heavy atom. The number of aromatic nitrogens is 2. The van der Waals surface area contributed by atoms with Crippen LogP contribution in [-0.2, 0) is 5.88 Å². The highest BCUT2D eigenvalue weighted by Crippen LogP contribution is 2.34. The predicted octanol–water partition coefficient (Wildman–Crippen LogP) is 4.92. The van der Waals surface area contributed by atoms with Gasteiger partial charge in [0, 0.05) is 28.4 Å². The number of benzene rings is 1. The summed E-state index contributed by atoms with van der Waals surface area (Å²) < 4.78 is 0. The molecule has 0 fully saturated rings. The Hall–Kier alpha value is -1.71. The minimum absolute atomic E-state index is 0.473. The van der Waals surface area contributed by atoms with Crippen LogP contribution in [0.1, 0.15) is 10.4 Å². The van der Waals surface area contributed by atoms with Crippen LogP contribution in [0.15, 0.2) is 48.8 Å². The van der Waals surface area contributed by atoms with Crippen LogP contribution in [0.5, 0.6) is 0 Å². The summed E-state index contributed by atoms with van der Waals surface area (Å²) in [6, 6.07) is 12.3. The molecule has 0 aliphatic heterocycles. The maximum absolute atomic E-state index is 6.07. The Kier molecular flexibility index (Phi) is 3.81. The fraction of sp³-hybridized carbons (Fsp3) is 0.125. The van der Waals surface area contributed by atoms with E-state index in [2.05, 4.69) is 36.2 Å². The van der Waals surface area contributed by atoms with Crippen LogP contribution in [0.3, 0.4) is 0 Å². The largest absolute Gasteiger partial charge is 0.264 e. The first-order chi connectivity index (χ1) is 9.78. The fourth-order valence-electron chi connectivity index (χ4n) is 1.99. The molecule has 20 heavy (non-hydrogen) atoms. The van der Waals surface area contributed by atoms with Gasteiger partial charge in [-0.2, -0.15) is 0 Å². The van der Waals surface area contributed by atoms with Gasteiger partial charge in [0.05, 0.1) is 11.6 Å². The van der Waals surface area contributed by atoms with E-state index in [1.165, 1.54) is 5.56 Å². The number of pyridine rings is 1. The number of aryl methyl sites for hydroxylation is 1. The molecule has 0 amide bonds. The molecule has 0 bridgehead atoms. The van der Waals surface area contributed by atoms with Crippen LogP contribution in [0.2, 0.25) is 0 Å². The van der Waals surface area contributed by atoms with Crippen molar-refractivity contribution in [3.8, 4) is 21.8 Å². The molecule has 0 atom stereocenters. The second-order valence-electron chi connectivity index (χ2n) is 4.53. The monoisotopic (exact) mass is 300 g/mol. The van der Waals surface area contributed by atoms with E-state index in [0.717, 1.165) is 26.7 Å². The van der Waals surface area contributed by atoms with E-state index in [-0.39, 0.29) is 0 Å². The molecule has 0 radical (unpaired) electrons. The third-order valence-corrected chi connectivity index (χ3v) is 4.58. The highest BCUT2D eigenvalue weighted by molar-refractivity contribution is 7.15. The Balaban J connectivity index is 2.07. The highest BCUT2D eigenvalue weighted by atomic mass is 35.5. The quantitative estimate of drug-likeness (QED) is 0.642. The van der Waals surface area contributed by atoms with E-state index in [4.69, 9.17) is 16.6 Å². The molecule has 3 rings (SSSR count). The minimum atomic E-state index is 0.473. The van der Waals surface area contributed by atoms with Crippen LogP contribution in [-0.4, -0.2) is 9.97 Å². The Bertz CT molecular complexity index is 705. The van der Waals surface area contributed by atoms with Crippen molar-refractivity contribution in [2.24, 2.45) is 0 Å². The van der Waals surface area contributed by atoms with Crippen molar-refractivity contribution in [2.75, 3.05) is 0 Å². The number of hydrogen-bond donors (Lipinski definition) is 0. The number of nitrogens with zero attached hydrogens (tertiary/aromatic N) is 2. The summed E-state index contributed by atoms with van der Waals surface area (Å²) in [6.07, 6.45) is 3.59. The van der Waals surface area contributed by atoms with Gasteiger partial charge in [-0.1, -0.05) is 29.8 Å². The molecule has 3 aromatic rings. The molecule has 0 saturated carbocycles. The summed E-state index contributed by atoms with van der Waals surface area (Å²) in [5.41, 5.74) is 4.35. The minimum Gasteiger partial charge on any atom is -0.264 e. The SMILES string of the molecule is Cc1ccc(-c2nc(-c3cccnc3)sc2CCl)cc1. The van der Waals surface area contributed by atoms with Gasteiger partial charge in [0.15, 0.2) is 0 Å². The van der Waals surface area contributed by atoms with Gasteiger partial charge >= 0.3 is 0 Å². The van der Waals surface area contributed by atoms with Crippen molar-refractivity contribution in [3.63, 3.8) is 0 Å². The lowest BCUT2D eigenvalue weighted by Crippen LogP contribution is -1.83. The Labute approximate surface area is 127 Å². The smallest absolute Gasteiger partial charge is 0.125 e. The number of alkyl halides is 1. The van der Waals surface area contributed by atoms with E-state index in [9.17, 15) is 0 Å². The first-order valence-corrected chi connectivity index (χ1v) is 7.66. The lowest BCUT2D eigenvalue weighted by Gasteiger charge is -2.00. The molecule has 0 aliphatic rings. The van der Waals surface area contributed by atoms with Gasteiger partial charge in [-0.05, 0) is 19.1 Å². The van der Waals surface area contributed by atoms with E-state index < -0.39 is 0 Å². The molecule has 2 heterocycles. The predicted molar refractivity (Wildman–Crippen MR) is 85.1 cm³/mol. The van der Waals surface area contributed by atoms with Crippen LogP contribution >= 0.6 is 22.9 Å². The van der Waals surface area contributed by atoms with Crippen molar-refractivity contribution in [2.45, 2.75) is 12.8 Å². The summed E-state index contributed by atoms with van der Waals surface area (Å²) in [4.78, 5) is 9.98. The first-order valence-electron chi connectivity index (χ1n) is 6.31. The van der Waals surface area contributed by atoms with Crippen LogP contribution < -0.4 is 0 Å². The van der Waals surface area contributed by atoms with Gasteiger partial charge in [0.2, 0.25) is 0 Å². The van der Waals surface area contributed by atoms with Crippen LogP contribution in [0.25, 0.3) is 21.8 Å². The highest BCUT2D eigenvalue weighted by Gasteiger charge is 2.13. The van der Waals surface area contributed by atoms with Crippen molar-refractivity contribution in [1.29, 1.82) is 0 Å². The van der Waals surface area contributed by atoms with Gasteiger partial charge in [0.1, 0.15) is 5.01 Å². The molecule has 1 aromatic carbocycles. The molecule has 4 heteroatoms. The molecule has 0 spiro atoms. The molecule has 0 saturated heterocycles. The molecule has 2 aromatic heterocycles. The lowest BCUT2D eigenvalue weighted by molar-refractivity contribution is 1.30. The molecular weight excluding hydrogens is 288 g/mol. The average Bonchev–Trinajstić information content (AvgIpc) is 2.93. The van der Waals surface area contributed by atoms with Gasteiger partial charge < -0.3 is 0 Å². The van der Waals surface area contributed by atoms with E-state index >= 15 is 0 Å². The molecule has 0 unspecified atom stereocenters. The van der Waals surface area contributed by atoms with Crippen molar-refractivity contribution in [1.82, 2.24) is 9.97 Å². The van der Waals surface area contributed by atoms with Gasteiger partial charge in [-0.3, -0.25) is 4.98 Å². The second kappa shape index (κ2) is 5.73. The van der Waals surface area contributed by atoms with Crippen molar-refractivity contribution < 1.29 is 0 Å². The fourth-order valence-corrected chi connectivity index (χ4v) is 3.21. The van der Waals surface area contributed by atoms with Gasteiger partial charge in [-0.15, -0.1) is 22.9 Å². The molecule has 2 nitrogen and oxygen atoms in total. The third kappa shape index (κ3) is 2.60. The molecule has 100 valence electrons. The zero-order valence-electron chi connectivity index (χ0n) is 11.0. The normalized spacial score (nSPS) is 10.7. The maximum atomic E-state index is 6.07. The molecular formula is C16H13ClN2S. The summed E-state index contributed by atoms with van der Waals surface area (Å²) in [5, 5.41) is 0.962. The zero-order valence-corrected chi connectivity index (χ0v) is 12.6. The number of thiazole rings is 1. The van der Waals surface area contributed by atoms with Gasteiger partial charge in [-0.25, -0.2) is 4.98 Å². The average molecular weight is 301 g/mol. The summed E-state index contributed by atoms with van der Waals surface area (Å²) in [6.45, 7) is 2.08. The zero-order chi connectivity index (χ0) is 13.9. The summed E-state index contributed by atoms with van der Waals surface area (Å²) >= 11 is 7.70. The maximum Gasteiger partial charge on any atom is 0.125 e. The van der Waals surface area contributed by atoms with Crippen LogP contribution in [0.4, 0.5) is 0 Å². The van der Waals surface area contributed by atoms with Crippen LogP contribution in [0, 0.1) is 6.92 Å². The van der Waals surface area contributed by atoms with Crippen molar-refractivity contribution >= 4 is 22.9 Å². The molecule has 0 aliphatic carbocycles. The van der Waals surface area contributed by atoms with Gasteiger partial charge in [0.25, 0.3) is 0 Å². The Morgan fingerprint density at radius 2 is 1.90 bits per heavy atom. The summed E-state index contributed by atoms with van der Waals surface area (Å²) in [7, 11) is 0. The van der Waals surface area contributed by atoms with E-state index in [1.807, 2.05) is 18.3 Å². The lowest BCUT2D eigenvalue weighted by atomic mass is 10.1. The third-order valence-electron chi connectivity index (χ3n) is 3.05. The van der Waals surface area contributed by atoms with E-state index in [0.29, 0.717) is 5.88 Å². The number of rotatable bonds is 3. The standard InChI is InChI=1S/C16H13ClN2S/c1-11-4-6-12(7-5-11)15-14(9-17)20-16(19-15)13-3-2-8-18-10-13/h2-8,10H,9H2,1H3. The number of halogens is 1. The molecule has 0 N–H and O–H groups in total. The topological polar surface area (TPSA) is 25.8 Å². The number of hydrogen-bond acceptors (Lipinski definition) is 3. The van der Waals surface area contributed by atoms with E-state index in [1.54, 1.807) is 17.5 Å². The second-order valence-corrected chi connectivity index (χ2v) is 5.88.